The SMILES string of the molecule is CCCCCCC(N)c1cccc2c1OCC2. The lowest BCUT2D eigenvalue weighted by Crippen LogP contribution is -2.11. The highest BCUT2D eigenvalue weighted by atomic mass is 16.5. The second kappa shape index (κ2) is 6.06. The highest BCUT2D eigenvalue weighted by molar-refractivity contribution is 5.45. The predicted molar refractivity (Wildman–Crippen MR) is 71.3 cm³/mol. The third-order valence-corrected chi connectivity index (χ3v) is 3.51. The highest BCUT2D eigenvalue weighted by Gasteiger charge is 2.19. The fraction of sp³-hybridized carbons (Fsp3) is 0.600. The van der Waals surface area contributed by atoms with Gasteiger partial charge in [-0.05, 0) is 12.0 Å². The zero-order chi connectivity index (χ0) is 12.1. The van der Waals surface area contributed by atoms with Crippen LogP contribution in [0.1, 0.15) is 56.2 Å². The van der Waals surface area contributed by atoms with Crippen LogP contribution < -0.4 is 10.5 Å². The minimum atomic E-state index is 0.139. The normalized spacial score (nSPS) is 15.4. The number of fused-ring (bicyclic) bond motifs is 1. The van der Waals surface area contributed by atoms with E-state index >= 15 is 0 Å². The van der Waals surface area contributed by atoms with Crippen molar-refractivity contribution in [1.29, 1.82) is 0 Å². The van der Waals surface area contributed by atoms with Crippen LogP contribution in [-0.2, 0) is 6.42 Å². The molecule has 0 amide bonds. The van der Waals surface area contributed by atoms with E-state index in [1.54, 1.807) is 0 Å². The lowest BCUT2D eigenvalue weighted by Gasteiger charge is -2.15. The van der Waals surface area contributed by atoms with Crippen LogP contribution in [0.3, 0.4) is 0 Å². The van der Waals surface area contributed by atoms with Crippen molar-refractivity contribution in [3.05, 3.63) is 29.3 Å². The Morgan fingerprint density at radius 3 is 3.00 bits per heavy atom. The fourth-order valence-electron chi connectivity index (χ4n) is 2.48. The summed E-state index contributed by atoms with van der Waals surface area (Å²) in [4.78, 5) is 0. The number of para-hydroxylation sites is 1. The Morgan fingerprint density at radius 1 is 1.29 bits per heavy atom. The Bertz CT molecular complexity index is 362. The van der Waals surface area contributed by atoms with Crippen LogP contribution in [0.2, 0.25) is 0 Å². The van der Waals surface area contributed by atoms with Crippen molar-refractivity contribution >= 4 is 0 Å². The summed E-state index contributed by atoms with van der Waals surface area (Å²) in [5, 5.41) is 0. The zero-order valence-electron chi connectivity index (χ0n) is 10.7. The van der Waals surface area contributed by atoms with E-state index in [2.05, 4.69) is 25.1 Å². The molecule has 2 rings (SSSR count). The standard InChI is InChI=1S/C15H23NO/c1-2-3-4-5-9-14(16)13-8-6-7-12-10-11-17-15(12)13/h6-8,14H,2-5,9-11,16H2,1H3. The van der Waals surface area contributed by atoms with Gasteiger partial charge in [-0.1, -0.05) is 50.8 Å². The molecular formula is C15H23NO. The molecular weight excluding hydrogens is 210 g/mol. The predicted octanol–water partition coefficient (Wildman–Crippen LogP) is 3.59. The van der Waals surface area contributed by atoms with Crippen LogP contribution in [0.25, 0.3) is 0 Å². The minimum Gasteiger partial charge on any atom is -0.493 e. The lowest BCUT2D eigenvalue weighted by molar-refractivity contribution is 0.350. The van der Waals surface area contributed by atoms with E-state index in [9.17, 15) is 0 Å². The third-order valence-electron chi connectivity index (χ3n) is 3.51. The van der Waals surface area contributed by atoms with Crippen molar-refractivity contribution in [3.63, 3.8) is 0 Å². The first kappa shape index (κ1) is 12.4. The Morgan fingerprint density at radius 2 is 2.18 bits per heavy atom. The van der Waals surface area contributed by atoms with E-state index in [-0.39, 0.29) is 6.04 Å². The van der Waals surface area contributed by atoms with Crippen molar-refractivity contribution in [2.45, 2.75) is 51.5 Å². The molecule has 17 heavy (non-hydrogen) atoms. The topological polar surface area (TPSA) is 35.2 Å². The van der Waals surface area contributed by atoms with E-state index in [0.29, 0.717) is 0 Å². The van der Waals surface area contributed by atoms with Crippen LogP contribution in [0.4, 0.5) is 0 Å². The molecule has 94 valence electrons. The van der Waals surface area contributed by atoms with E-state index < -0.39 is 0 Å². The molecule has 0 radical (unpaired) electrons. The molecule has 0 saturated heterocycles. The maximum absolute atomic E-state index is 6.27. The molecule has 1 aromatic rings. The first-order valence-corrected chi connectivity index (χ1v) is 6.83. The summed E-state index contributed by atoms with van der Waals surface area (Å²) in [7, 11) is 0. The molecule has 1 atom stereocenters. The summed E-state index contributed by atoms with van der Waals surface area (Å²) >= 11 is 0. The van der Waals surface area contributed by atoms with Crippen molar-refractivity contribution in [1.82, 2.24) is 0 Å². The largest absolute Gasteiger partial charge is 0.493 e. The maximum atomic E-state index is 6.27. The maximum Gasteiger partial charge on any atom is 0.127 e. The molecule has 0 saturated carbocycles. The van der Waals surface area contributed by atoms with Gasteiger partial charge in [0.25, 0.3) is 0 Å². The van der Waals surface area contributed by atoms with Gasteiger partial charge in [-0.25, -0.2) is 0 Å². The second-order valence-corrected chi connectivity index (χ2v) is 4.89. The van der Waals surface area contributed by atoms with Crippen molar-refractivity contribution in [2.24, 2.45) is 5.73 Å². The molecule has 0 spiro atoms. The quantitative estimate of drug-likeness (QED) is 0.762. The molecule has 0 aromatic heterocycles. The molecule has 1 aliphatic rings. The summed E-state index contributed by atoms with van der Waals surface area (Å²) in [6, 6.07) is 6.51. The van der Waals surface area contributed by atoms with Gasteiger partial charge in [-0.3, -0.25) is 0 Å². The number of benzene rings is 1. The van der Waals surface area contributed by atoms with Gasteiger partial charge in [-0.15, -0.1) is 0 Å². The van der Waals surface area contributed by atoms with E-state index in [1.165, 1.54) is 36.8 Å². The molecule has 1 heterocycles. The third kappa shape index (κ3) is 3.01. The summed E-state index contributed by atoms with van der Waals surface area (Å²) in [5.41, 5.74) is 8.80. The molecule has 0 bridgehead atoms. The molecule has 0 aliphatic carbocycles. The van der Waals surface area contributed by atoms with Gasteiger partial charge in [0.05, 0.1) is 6.61 Å². The molecule has 0 fully saturated rings. The number of rotatable bonds is 6. The first-order valence-electron chi connectivity index (χ1n) is 6.83. The van der Waals surface area contributed by atoms with Gasteiger partial charge in [0, 0.05) is 18.0 Å². The molecule has 2 heteroatoms. The minimum absolute atomic E-state index is 0.139. The van der Waals surface area contributed by atoms with Gasteiger partial charge in [0.2, 0.25) is 0 Å². The number of hydrogen-bond acceptors (Lipinski definition) is 2. The average Bonchev–Trinajstić information content (AvgIpc) is 2.82. The van der Waals surface area contributed by atoms with Crippen molar-refractivity contribution in [2.75, 3.05) is 6.61 Å². The van der Waals surface area contributed by atoms with Crippen LogP contribution >= 0.6 is 0 Å². The first-order chi connectivity index (χ1) is 8.33. The smallest absolute Gasteiger partial charge is 0.127 e. The molecule has 1 unspecified atom stereocenters. The zero-order valence-corrected chi connectivity index (χ0v) is 10.7. The summed E-state index contributed by atoms with van der Waals surface area (Å²) in [5.74, 6) is 1.07. The Labute approximate surface area is 104 Å². The van der Waals surface area contributed by atoms with Crippen molar-refractivity contribution < 1.29 is 4.74 Å². The van der Waals surface area contributed by atoms with E-state index in [4.69, 9.17) is 10.5 Å². The van der Waals surface area contributed by atoms with Crippen LogP contribution in [0, 0.1) is 0 Å². The Balaban J connectivity index is 1.95. The summed E-state index contributed by atoms with van der Waals surface area (Å²) in [6.07, 6.45) is 7.21. The highest BCUT2D eigenvalue weighted by Crippen LogP contribution is 2.34. The molecule has 2 nitrogen and oxygen atoms in total. The van der Waals surface area contributed by atoms with Gasteiger partial charge < -0.3 is 10.5 Å². The van der Waals surface area contributed by atoms with Gasteiger partial charge in [0.15, 0.2) is 0 Å². The fourth-order valence-corrected chi connectivity index (χ4v) is 2.48. The number of ether oxygens (including phenoxy) is 1. The Kier molecular flexibility index (Phi) is 4.43. The van der Waals surface area contributed by atoms with Gasteiger partial charge in [0.1, 0.15) is 5.75 Å². The number of unbranched alkanes of at least 4 members (excludes halogenated alkanes) is 3. The monoisotopic (exact) mass is 233 g/mol. The van der Waals surface area contributed by atoms with Crippen LogP contribution in [0.15, 0.2) is 18.2 Å². The van der Waals surface area contributed by atoms with Gasteiger partial charge in [-0.2, -0.15) is 0 Å². The number of hydrogen-bond donors (Lipinski definition) is 1. The van der Waals surface area contributed by atoms with Crippen LogP contribution in [-0.4, -0.2) is 6.61 Å². The number of nitrogens with two attached hydrogens (primary N) is 1. The van der Waals surface area contributed by atoms with E-state index in [0.717, 1.165) is 25.2 Å². The molecule has 1 aromatic carbocycles. The second-order valence-electron chi connectivity index (χ2n) is 4.89. The molecule has 1 aliphatic heterocycles. The van der Waals surface area contributed by atoms with Crippen LogP contribution in [0.5, 0.6) is 5.75 Å². The van der Waals surface area contributed by atoms with Gasteiger partial charge >= 0.3 is 0 Å². The summed E-state index contributed by atoms with van der Waals surface area (Å²) in [6.45, 7) is 3.05. The summed E-state index contributed by atoms with van der Waals surface area (Å²) < 4.78 is 5.70. The van der Waals surface area contributed by atoms with E-state index in [1.807, 2.05) is 0 Å². The lowest BCUT2D eigenvalue weighted by atomic mass is 9.98. The Hall–Kier alpha value is -1.02. The van der Waals surface area contributed by atoms with Crippen molar-refractivity contribution in [3.8, 4) is 5.75 Å². The molecule has 2 N–H and O–H groups in total. The average molecular weight is 233 g/mol.